The summed E-state index contributed by atoms with van der Waals surface area (Å²) in [5, 5.41) is 3.47. The van der Waals surface area contributed by atoms with Crippen molar-refractivity contribution < 1.29 is 4.74 Å². The maximum atomic E-state index is 5.95. The average molecular weight is 353 g/mol. The number of nitrogens with zero attached hydrogens (tertiary/aromatic N) is 1. The summed E-state index contributed by atoms with van der Waals surface area (Å²) in [6, 6.07) is 19.7. The third-order valence-corrected chi connectivity index (χ3v) is 5.19. The van der Waals surface area contributed by atoms with Crippen LogP contribution >= 0.6 is 0 Å². The fourth-order valence-electron chi connectivity index (χ4n) is 3.67. The van der Waals surface area contributed by atoms with Gasteiger partial charge in [0, 0.05) is 32.2 Å². The van der Waals surface area contributed by atoms with Crippen molar-refractivity contribution in [2.75, 3.05) is 26.2 Å². The van der Waals surface area contributed by atoms with Crippen LogP contribution in [0.5, 0.6) is 5.75 Å². The van der Waals surface area contributed by atoms with E-state index in [-0.39, 0.29) is 0 Å². The van der Waals surface area contributed by atoms with Crippen molar-refractivity contribution in [1.29, 1.82) is 0 Å². The molecule has 2 aromatic carbocycles. The summed E-state index contributed by atoms with van der Waals surface area (Å²) in [4.78, 5) is 2.64. The Labute approximate surface area is 158 Å². The predicted molar refractivity (Wildman–Crippen MR) is 109 cm³/mol. The molecule has 2 aromatic rings. The zero-order chi connectivity index (χ0) is 18.0. The monoisotopic (exact) mass is 352 g/mol. The number of unbranched alkanes of at least 4 members (excludes halogenated alkanes) is 2. The minimum absolute atomic E-state index is 0.534. The number of hydrogen-bond acceptors (Lipinski definition) is 3. The molecule has 3 nitrogen and oxygen atoms in total. The second kappa shape index (κ2) is 10.3. The van der Waals surface area contributed by atoms with Crippen molar-refractivity contribution in [2.24, 2.45) is 0 Å². The zero-order valence-corrected chi connectivity index (χ0v) is 16.0. The fourth-order valence-corrected chi connectivity index (χ4v) is 3.67. The highest BCUT2D eigenvalue weighted by atomic mass is 16.5. The Balaban J connectivity index is 1.62. The molecule has 0 saturated carbocycles. The Hall–Kier alpha value is -1.84. The molecular weight excluding hydrogens is 320 g/mol. The highest BCUT2D eigenvalue weighted by molar-refractivity contribution is 5.30. The summed E-state index contributed by atoms with van der Waals surface area (Å²) >= 11 is 0. The number of piperazine rings is 1. The standard InChI is InChI=1S/C23H32N2O/c1-2-3-5-10-23(25-17-15-24-16-18-25)21-11-13-22(14-12-21)26-19-20-8-6-4-7-9-20/h4,6-9,11-14,23-24H,2-3,5,10,15-19H2,1H3/t23-/m1/s1. The summed E-state index contributed by atoms with van der Waals surface area (Å²) in [5.41, 5.74) is 2.63. The van der Waals surface area contributed by atoms with Gasteiger partial charge in [-0.1, -0.05) is 68.7 Å². The van der Waals surface area contributed by atoms with Crippen molar-refractivity contribution in [3.8, 4) is 5.75 Å². The summed E-state index contributed by atoms with van der Waals surface area (Å²) in [5.74, 6) is 0.949. The van der Waals surface area contributed by atoms with Gasteiger partial charge in [0.15, 0.2) is 0 Å². The van der Waals surface area contributed by atoms with E-state index in [2.05, 4.69) is 65.7 Å². The van der Waals surface area contributed by atoms with Gasteiger partial charge in [-0.05, 0) is 29.7 Å². The lowest BCUT2D eigenvalue weighted by Crippen LogP contribution is -2.45. The first kappa shape index (κ1) is 18.9. The van der Waals surface area contributed by atoms with Gasteiger partial charge in [0.05, 0.1) is 0 Å². The second-order valence-electron chi connectivity index (χ2n) is 7.14. The molecule has 1 atom stereocenters. The van der Waals surface area contributed by atoms with Crippen molar-refractivity contribution in [3.05, 3.63) is 65.7 Å². The molecule has 3 rings (SSSR count). The van der Waals surface area contributed by atoms with Gasteiger partial charge >= 0.3 is 0 Å². The first-order chi connectivity index (χ1) is 12.9. The van der Waals surface area contributed by atoms with Gasteiger partial charge in [-0.3, -0.25) is 4.90 Å². The maximum Gasteiger partial charge on any atom is 0.119 e. The van der Waals surface area contributed by atoms with Crippen LogP contribution in [0, 0.1) is 0 Å². The molecule has 1 fully saturated rings. The van der Waals surface area contributed by atoms with E-state index in [1.165, 1.54) is 36.8 Å². The molecule has 1 N–H and O–H groups in total. The lowest BCUT2D eigenvalue weighted by Gasteiger charge is -2.35. The predicted octanol–water partition coefficient (Wildman–Crippen LogP) is 4.79. The van der Waals surface area contributed by atoms with Crippen LogP contribution in [0.1, 0.15) is 49.8 Å². The maximum absolute atomic E-state index is 5.95. The van der Waals surface area contributed by atoms with Crippen LogP contribution < -0.4 is 10.1 Å². The van der Waals surface area contributed by atoms with Gasteiger partial charge in [-0.15, -0.1) is 0 Å². The molecule has 0 bridgehead atoms. The van der Waals surface area contributed by atoms with Crippen molar-refractivity contribution >= 4 is 0 Å². The number of nitrogens with one attached hydrogen (secondary N) is 1. The third-order valence-electron chi connectivity index (χ3n) is 5.19. The Bertz CT molecular complexity index is 620. The molecule has 140 valence electrons. The number of benzene rings is 2. The van der Waals surface area contributed by atoms with Gasteiger partial charge in [0.2, 0.25) is 0 Å². The van der Waals surface area contributed by atoms with E-state index in [0.29, 0.717) is 12.6 Å². The molecular formula is C23H32N2O. The fraction of sp³-hybridized carbons (Fsp3) is 0.478. The molecule has 0 unspecified atom stereocenters. The second-order valence-corrected chi connectivity index (χ2v) is 7.14. The normalized spacial score (nSPS) is 16.3. The molecule has 0 spiro atoms. The number of hydrogen-bond donors (Lipinski definition) is 1. The van der Waals surface area contributed by atoms with E-state index in [9.17, 15) is 0 Å². The molecule has 0 aromatic heterocycles. The van der Waals surface area contributed by atoms with Crippen LogP contribution in [-0.2, 0) is 6.61 Å². The Morgan fingerprint density at radius 1 is 0.962 bits per heavy atom. The average Bonchev–Trinajstić information content (AvgIpc) is 2.72. The largest absolute Gasteiger partial charge is 0.489 e. The highest BCUT2D eigenvalue weighted by Crippen LogP contribution is 2.28. The smallest absolute Gasteiger partial charge is 0.119 e. The van der Waals surface area contributed by atoms with Crippen molar-refractivity contribution in [2.45, 2.75) is 45.3 Å². The topological polar surface area (TPSA) is 24.5 Å². The zero-order valence-electron chi connectivity index (χ0n) is 16.0. The molecule has 0 radical (unpaired) electrons. The molecule has 1 aliphatic rings. The van der Waals surface area contributed by atoms with Crippen LogP contribution in [0.2, 0.25) is 0 Å². The number of ether oxygens (including phenoxy) is 1. The summed E-state index contributed by atoms with van der Waals surface area (Å²) in [6.45, 7) is 7.38. The first-order valence-corrected chi connectivity index (χ1v) is 10.1. The van der Waals surface area contributed by atoms with Gasteiger partial charge in [0.25, 0.3) is 0 Å². The van der Waals surface area contributed by atoms with Crippen molar-refractivity contribution in [1.82, 2.24) is 10.2 Å². The van der Waals surface area contributed by atoms with E-state index in [4.69, 9.17) is 4.74 Å². The van der Waals surface area contributed by atoms with Gasteiger partial charge in [-0.25, -0.2) is 0 Å². The summed E-state index contributed by atoms with van der Waals surface area (Å²) < 4.78 is 5.95. The summed E-state index contributed by atoms with van der Waals surface area (Å²) in [7, 11) is 0. The molecule has 0 amide bonds. The van der Waals surface area contributed by atoms with Gasteiger partial charge < -0.3 is 10.1 Å². The van der Waals surface area contributed by atoms with E-state index in [1.807, 2.05) is 6.07 Å². The number of rotatable bonds is 9. The van der Waals surface area contributed by atoms with Crippen LogP contribution in [0.25, 0.3) is 0 Å². The Morgan fingerprint density at radius 3 is 2.38 bits per heavy atom. The molecule has 3 heteroatoms. The Morgan fingerprint density at radius 2 is 1.69 bits per heavy atom. The van der Waals surface area contributed by atoms with E-state index >= 15 is 0 Å². The van der Waals surface area contributed by atoms with Crippen LogP contribution in [-0.4, -0.2) is 31.1 Å². The van der Waals surface area contributed by atoms with Crippen LogP contribution in [0.3, 0.4) is 0 Å². The molecule has 1 aliphatic heterocycles. The van der Waals surface area contributed by atoms with E-state index < -0.39 is 0 Å². The van der Waals surface area contributed by atoms with E-state index in [1.54, 1.807) is 0 Å². The molecule has 1 heterocycles. The quantitative estimate of drug-likeness (QED) is 0.657. The summed E-state index contributed by atoms with van der Waals surface area (Å²) in [6.07, 6.45) is 5.15. The highest BCUT2D eigenvalue weighted by Gasteiger charge is 2.21. The molecule has 1 saturated heterocycles. The SMILES string of the molecule is CCCCC[C@H](c1ccc(OCc2ccccc2)cc1)N1CCNCC1. The molecule has 26 heavy (non-hydrogen) atoms. The van der Waals surface area contributed by atoms with Crippen LogP contribution in [0.15, 0.2) is 54.6 Å². The minimum atomic E-state index is 0.534. The van der Waals surface area contributed by atoms with Gasteiger partial charge in [0.1, 0.15) is 12.4 Å². The van der Waals surface area contributed by atoms with Gasteiger partial charge in [-0.2, -0.15) is 0 Å². The Kier molecular flexibility index (Phi) is 7.53. The molecule has 0 aliphatic carbocycles. The first-order valence-electron chi connectivity index (χ1n) is 10.1. The van der Waals surface area contributed by atoms with E-state index in [0.717, 1.165) is 31.9 Å². The van der Waals surface area contributed by atoms with Crippen molar-refractivity contribution in [3.63, 3.8) is 0 Å². The third kappa shape index (κ3) is 5.58. The van der Waals surface area contributed by atoms with Crippen LogP contribution in [0.4, 0.5) is 0 Å². The lowest BCUT2D eigenvalue weighted by atomic mass is 9.98. The lowest BCUT2D eigenvalue weighted by molar-refractivity contribution is 0.162. The minimum Gasteiger partial charge on any atom is -0.489 e.